The van der Waals surface area contributed by atoms with Crippen LogP contribution in [-0.4, -0.2) is 19.6 Å². The molecule has 0 bridgehead atoms. The lowest BCUT2D eigenvalue weighted by atomic mass is 10.1. The summed E-state index contributed by atoms with van der Waals surface area (Å²) in [5, 5.41) is 0. The molecule has 0 atom stereocenters. The lowest BCUT2D eigenvalue weighted by Gasteiger charge is -2.24. The van der Waals surface area contributed by atoms with Crippen molar-refractivity contribution in [2.75, 3.05) is 24.5 Å². The fraction of sp³-hybridized carbons (Fsp3) is 0.333. The van der Waals surface area contributed by atoms with Crippen molar-refractivity contribution >= 4 is 5.69 Å². The van der Waals surface area contributed by atoms with E-state index in [1.807, 2.05) is 0 Å². The van der Waals surface area contributed by atoms with Crippen LogP contribution in [0.15, 0.2) is 60.7 Å². The molecule has 0 spiro atoms. The van der Waals surface area contributed by atoms with Gasteiger partial charge in [-0.1, -0.05) is 48.5 Å². The maximum Gasteiger partial charge on any atom is 0.0366 e. The first-order valence-corrected chi connectivity index (χ1v) is 7.44. The molecule has 0 fully saturated rings. The van der Waals surface area contributed by atoms with E-state index in [4.69, 9.17) is 5.73 Å². The lowest BCUT2D eigenvalue weighted by Crippen LogP contribution is -2.27. The smallest absolute Gasteiger partial charge is 0.0366 e. The summed E-state index contributed by atoms with van der Waals surface area (Å²) in [5.74, 6) is 0. The molecule has 2 rings (SSSR count). The van der Waals surface area contributed by atoms with Gasteiger partial charge < -0.3 is 10.6 Å². The Bertz CT molecular complexity index is 467. The first-order valence-electron chi connectivity index (χ1n) is 7.44. The zero-order chi connectivity index (χ0) is 14.0. The van der Waals surface area contributed by atoms with E-state index in [9.17, 15) is 0 Å². The van der Waals surface area contributed by atoms with Crippen molar-refractivity contribution in [2.45, 2.75) is 19.3 Å². The maximum atomic E-state index is 5.65. The number of hydrogen-bond acceptors (Lipinski definition) is 2. The molecule has 2 heteroatoms. The third-order valence-electron chi connectivity index (χ3n) is 3.49. The SMILES string of the molecule is NCCCN(CCCc1ccccc1)c1ccccc1. The number of benzene rings is 2. The van der Waals surface area contributed by atoms with Gasteiger partial charge in [0.05, 0.1) is 0 Å². The fourth-order valence-corrected chi connectivity index (χ4v) is 2.41. The van der Waals surface area contributed by atoms with Crippen LogP contribution in [0.2, 0.25) is 0 Å². The molecule has 2 N–H and O–H groups in total. The number of anilines is 1. The van der Waals surface area contributed by atoms with E-state index in [1.165, 1.54) is 17.7 Å². The van der Waals surface area contributed by atoms with E-state index in [0.717, 1.165) is 32.5 Å². The zero-order valence-corrected chi connectivity index (χ0v) is 12.0. The average molecular weight is 268 g/mol. The first kappa shape index (κ1) is 14.6. The van der Waals surface area contributed by atoms with Crippen molar-refractivity contribution in [2.24, 2.45) is 5.73 Å². The maximum absolute atomic E-state index is 5.65. The number of hydrogen-bond donors (Lipinski definition) is 1. The minimum atomic E-state index is 0.752. The molecule has 0 radical (unpaired) electrons. The molecular weight excluding hydrogens is 244 g/mol. The topological polar surface area (TPSA) is 29.3 Å². The summed E-state index contributed by atoms with van der Waals surface area (Å²) in [6.07, 6.45) is 3.34. The Morgan fingerprint density at radius 1 is 0.750 bits per heavy atom. The van der Waals surface area contributed by atoms with Gasteiger partial charge in [0.1, 0.15) is 0 Å². The molecule has 0 heterocycles. The molecule has 0 saturated carbocycles. The third kappa shape index (κ3) is 4.71. The third-order valence-corrected chi connectivity index (χ3v) is 3.49. The molecule has 20 heavy (non-hydrogen) atoms. The van der Waals surface area contributed by atoms with Crippen molar-refractivity contribution in [3.8, 4) is 0 Å². The molecule has 2 aromatic carbocycles. The standard InChI is InChI=1S/C18H24N2/c19-14-8-16-20(18-12-5-2-6-13-18)15-7-11-17-9-3-1-4-10-17/h1-6,9-10,12-13H,7-8,11,14-16,19H2. The van der Waals surface area contributed by atoms with Crippen LogP contribution in [0.5, 0.6) is 0 Å². The molecule has 0 aromatic heterocycles. The van der Waals surface area contributed by atoms with Gasteiger partial charge in [0, 0.05) is 18.8 Å². The van der Waals surface area contributed by atoms with Crippen molar-refractivity contribution in [3.05, 3.63) is 66.2 Å². The quantitative estimate of drug-likeness (QED) is 0.794. The van der Waals surface area contributed by atoms with Gasteiger partial charge >= 0.3 is 0 Å². The van der Waals surface area contributed by atoms with Gasteiger partial charge in [-0.15, -0.1) is 0 Å². The molecule has 106 valence electrons. The van der Waals surface area contributed by atoms with Gasteiger partial charge in [-0.3, -0.25) is 0 Å². The van der Waals surface area contributed by atoms with Gasteiger partial charge in [0.2, 0.25) is 0 Å². The number of aryl methyl sites for hydroxylation is 1. The summed E-state index contributed by atoms with van der Waals surface area (Å²) in [6, 6.07) is 21.3. The number of para-hydroxylation sites is 1. The van der Waals surface area contributed by atoms with Crippen LogP contribution >= 0.6 is 0 Å². The van der Waals surface area contributed by atoms with Gasteiger partial charge in [-0.25, -0.2) is 0 Å². The highest BCUT2D eigenvalue weighted by Gasteiger charge is 2.05. The Hall–Kier alpha value is -1.80. The van der Waals surface area contributed by atoms with E-state index in [2.05, 4.69) is 65.6 Å². The van der Waals surface area contributed by atoms with Gasteiger partial charge in [0.15, 0.2) is 0 Å². The van der Waals surface area contributed by atoms with Crippen molar-refractivity contribution in [1.29, 1.82) is 0 Å². The molecule has 0 unspecified atom stereocenters. The second-order valence-electron chi connectivity index (χ2n) is 5.05. The lowest BCUT2D eigenvalue weighted by molar-refractivity contribution is 0.697. The molecule has 2 aromatic rings. The minimum absolute atomic E-state index is 0.752. The molecule has 0 aliphatic heterocycles. The van der Waals surface area contributed by atoms with Crippen LogP contribution in [0, 0.1) is 0 Å². The van der Waals surface area contributed by atoms with E-state index in [-0.39, 0.29) is 0 Å². The average Bonchev–Trinajstić information content (AvgIpc) is 2.52. The van der Waals surface area contributed by atoms with E-state index >= 15 is 0 Å². The van der Waals surface area contributed by atoms with Crippen LogP contribution in [0.1, 0.15) is 18.4 Å². The van der Waals surface area contributed by atoms with Crippen LogP contribution in [0.25, 0.3) is 0 Å². The van der Waals surface area contributed by atoms with Gasteiger partial charge in [0.25, 0.3) is 0 Å². The fourth-order valence-electron chi connectivity index (χ4n) is 2.41. The second-order valence-corrected chi connectivity index (χ2v) is 5.05. The summed E-state index contributed by atoms with van der Waals surface area (Å²) in [4.78, 5) is 2.44. The summed E-state index contributed by atoms with van der Waals surface area (Å²) in [7, 11) is 0. The van der Waals surface area contributed by atoms with Crippen LogP contribution < -0.4 is 10.6 Å². The first-order chi connectivity index (χ1) is 9.90. The Kier molecular flexibility index (Phi) is 6.12. The largest absolute Gasteiger partial charge is 0.371 e. The van der Waals surface area contributed by atoms with Crippen LogP contribution in [0.4, 0.5) is 5.69 Å². The summed E-state index contributed by atoms with van der Waals surface area (Å²) < 4.78 is 0. The monoisotopic (exact) mass is 268 g/mol. The normalized spacial score (nSPS) is 10.4. The van der Waals surface area contributed by atoms with Gasteiger partial charge in [-0.2, -0.15) is 0 Å². The molecule has 0 saturated heterocycles. The molecular formula is C18H24N2. The summed E-state index contributed by atoms with van der Waals surface area (Å²) in [6.45, 7) is 2.87. The van der Waals surface area contributed by atoms with Crippen LogP contribution in [0.3, 0.4) is 0 Å². The van der Waals surface area contributed by atoms with E-state index in [0.29, 0.717) is 0 Å². The summed E-state index contributed by atoms with van der Waals surface area (Å²) >= 11 is 0. The highest BCUT2D eigenvalue weighted by molar-refractivity contribution is 5.45. The summed E-state index contributed by atoms with van der Waals surface area (Å²) in [5.41, 5.74) is 8.36. The highest BCUT2D eigenvalue weighted by atomic mass is 15.1. The number of rotatable bonds is 8. The highest BCUT2D eigenvalue weighted by Crippen LogP contribution is 2.14. The Balaban J connectivity index is 1.88. The molecule has 0 aliphatic rings. The zero-order valence-electron chi connectivity index (χ0n) is 12.0. The minimum Gasteiger partial charge on any atom is -0.371 e. The Morgan fingerprint density at radius 2 is 1.35 bits per heavy atom. The molecule has 2 nitrogen and oxygen atoms in total. The Morgan fingerprint density at radius 3 is 2.00 bits per heavy atom. The predicted octanol–water partition coefficient (Wildman–Crippen LogP) is 3.47. The van der Waals surface area contributed by atoms with Crippen molar-refractivity contribution in [1.82, 2.24) is 0 Å². The molecule has 0 amide bonds. The second kappa shape index (κ2) is 8.39. The van der Waals surface area contributed by atoms with E-state index < -0.39 is 0 Å². The van der Waals surface area contributed by atoms with Crippen molar-refractivity contribution < 1.29 is 0 Å². The molecule has 0 aliphatic carbocycles. The number of nitrogens with zero attached hydrogens (tertiary/aromatic N) is 1. The number of nitrogens with two attached hydrogens (primary N) is 1. The van der Waals surface area contributed by atoms with Gasteiger partial charge in [-0.05, 0) is 43.5 Å². The van der Waals surface area contributed by atoms with Crippen LogP contribution in [-0.2, 0) is 6.42 Å². The van der Waals surface area contributed by atoms with E-state index in [1.54, 1.807) is 0 Å². The predicted molar refractivity (Wildman–Crippen MR) is 87.1 cm³/mol. The Labute approximate surface area is 122 Å². The van der Waals surface area contributed by atoms with Crippen molar-refractivity contribution in [3.63, 3.8) is 0 Å².